The van der Waals surface area contributed by atoms with E-state index in [1.165, 1.54) is 30.5 Å². The summed E-state index contributed by atoms with van der Waals surface area (Å²) in [4.78, 5) is 24.7. The molecular formula is C20H26N2O4S. The van der Waals surface area contributed by atoms with E-state index in [2.05, 4.69) is 11.4 Å². The number of rotatable bonds is 5. The number of carbonyl (C=O) groups is 2. The van der Waals surface area contributed by atoms with E-state index in [1.54, 1.807) is 26.0 Å². The SMILES string of the molecule is CC1(C)CS(=O)(=O)N(c2ccc(C(=O)NCCC3=CCCCC3)cc2)C1=O. The third kappa shape index (κ3) is 4.24. The summed E-state index contributed by atoms with van der Waals surface area (Å²) in [5, 5.41) is 2.89. The van der Waals surface area contributed by atoms with Crippen LogP contribution in [0.3, 0.4) is 0 Å². The molecule has 0 bridgehead atoms. The van der Waals surface area contributed by atoms with Crippen LogP contribution >= 0.6 is 0 Å². The summed E-state index contributed by atoms with van der Waals surface area (Å²) in [7, 11) is -3.68. The van der Waals surface area contributed by atoms with Gasteiger partial charge in [-0.2, -0.15) is 0 Å². The molecule has 3 rings (SSSR count). The van der Waals surface area contributed by atoms with Crippen molar-refractivity contribution >= 4 is 27.5 Å². The molecular weight excluding hydrogens is 364 g/mol. The molecule has 0 aromatic heterocycles. The summed E-state index contributed by atoms with van der Waals surface area (Å²) < 4.78 is 25.5. The Hall–Kier alpha value is -2.15. The van der Waals surface area contributed by atoms with E-state index in [0.29, 0.717) is 12.1 Å². The predicted octanol–water partition coefficient (Wildman–Crippen LogP) is 3.01. The quantitative estimate of drug-likeness (QED) is 0.784. The summed E-state index contributed by atoms with van der Waals surface area (Å²) in [5.74, 6) is -0.856. The molecule has 6 nitrogen and oxygen atoms in total. The van der Waals surface area contributed by atoms with Crippen molar-refractivity contribution in [3.05, 3.63) is 41.5 Å². The van der Waals surface area contributed by atoms with Crippen LogP contribution in [-0.4, -0.2) is 32.5 Å². The topological polar surface area (TPSA) is 83.6 Å². The van der Waals surface area contributed by atoms with Crippen LogP contribution in [0.4, 0.5) is 5.69 Å². The molecule has 27 heavy (non-hydrogen) atoms. The molecule has 1 fully saturated rings. The first-order chi connectivity index (χ1) is 12.7. The maximum absolute atomic E-state index is 12.4. The molecule has 2 amide bonds. The van der Waals surface area contributed by atoms with Crippen LogP contribution in [-0.2, 0) is 14.8 Å². The Morgan fingerprint density at radius 2 is 1.89 bits per heavy atom. The van der Waals surface area contributed by atoms with Crippen LogP contribution in [0, 0.1) is 5.41 Å². The van der Waals surface area contributed by atoms with Gasteiger partial charge in [0.15, 0.2) is 0 Å². The van der Waals surface area contributed by atoms with Gasteiger partial charge in [0.2, 0.25) is 15.9 Å². The predicted molar refractivity (Wildman–Crippen MR) is 105 cm³/mol. The van der Waals surface area contributed by atoms with Crippen molar-refractivity contribution in [2.24, 2.45) is 5.41 Å². The van der Waals surface area contributed by atoms with Crippen LogP contribution in [0.15, 0.2) is 35.9 Å². The van der Waals surface area contributed by atoms with Crippen LogP contribution in [0.25, 0.3) is 0 Å². The standard InChI is InChI=1S/C20H26N2O4S/c1-20(2)14-27(25,26)22(19(20)24)17-10-8-16(9-11-17)18(23)21-13-12-15-6-4-3-5-7-15/h6,8-11H,3-5,7,12-14H2,1-2H3,(H,21,23). The number of nitrogens with one attached hydrogen (secondary N) is 1. The van der Waals surface area contributed by atoms with Gasteiger partial charge in [-0.05, 0) is 70.2 Å². The second-order valence-electron chi connectivity index (χ2n) is 7.87. The van der Waals surface area contributed by atoms with Gasteiger partial charge >= 0.3 is 0 Å². The summed E-state index contributed by atoms with van der Waals surface area (Å²) in [6.45, 7) is 3.83. The number of sulfonamides is 1. The maximum Gasteiger partial charge on any atom is 0.251 e. The fraction of sp³-hybridized carbons (Fsp3) is 0.500. The smallest absolute Gasteiger partial charge is 0.251 e. The Kier molecular flexibility index (Phi) is 5.42. The van der Waals surface area contributed by atoms with Crippen LogP contribution in [0.5, 0.6) is 0 Å². The highest BCUT2D eigenvalue weighted by molar-refractivity contribution is 7.94. The third-order valence-electron chi connectivity index (χ3n) is 5.07. The molecule has 146 valence electrons. The van der Waals surface area contributed by atoms with E-state index in [0.717, 1.165) is 23.6 Å². The first-order valence-corrected chi connectivity index (χ1v) is 11.0. The van der Waals surface area contributed by atoms with Gasteiger partial charge in [-0.15, -0.1) is 0 Å². The lowest BCUT2D eigenvalue weighted by Crippen LogP contribution is -2.33. The van der Waals surface area contributed by atoms with Gasteiger partial charge in [-0.25, -0.2) is 12.7 Å². The largest absolute Gasteiger partial charge is 0.352 e. The van der Waals surface area contributed by atoms with E-state index in [9.17, 15) is 18.0 Å². The fourth-order valence-electron chi connectivity index (χ4n) is 3.58. The van der Waals surface area contributed by atoms with Crippen molar-refractivity contribution < 1.29 is 18.0 Å². The zero-order valence-electron chi connectivity index (χ0n) is 15.8. The highest BCUT2D eigenvalue weighted by atomic mass is 32.2. The summed E-state index contributed by atoms with van der Waals surface area (Å²) in [5.41, 5.74) is 1.18. The van der Waals surface area contributed by atoms with Crippen molar-refractivity contribution in [2.45, 2.75) is 46.0 Å². The van der Waals surface area contributed by atoms with E-state index in [4.69, 9.17) is 0 Å². The molecule has 1 heterocycles. The minimum absolute atomic E-state index is 0.200. The Labute approximate surface area is 160 Å². The van der Waals surface area contributed by atoms with E-state index in [-0.39, 0.29) is 17.3 Å². The van der Waals surface area contributed by atoms with Gasteiger partial charge in [-0.1, -0.05) is 11.6 Å². The molecule has 1 N–H and O–H groups in total. The highest BCUT2D eigenvalue weighted by Gasteiger charge is 2.49. The Balaban J connectivity index is 1.64. The van der Waals surface area contributed by atoms with Gasteiger partial charge in [-0.3, -0.25) is 9.59 Å². The molecule has 1 aromatic rings. The van der Waals surface area contributed by atoms with Gasteiger partial charge in [0, 0.05) is 12.1 Å². The number of carbonyl (C=O) groups excluding carboxylic acids is 2. The Bertz CT molecular complexity index is 870. The molecule has 0 atom stereocenters. The molecule has 0 spiro atoms. The minimum Gasteiger partial charge on any atom is -0.352 e. The second-order valence-corrected chi connectivity index (χ2v) is 9.69. The first-order valence-electron chi connectivity index (χ1n) is 9.34. The summed E-state index contributed by atoms with van der Waals surface area (Å²) in [6.07, 6.45) is 7.82. The van der Waals surface area contributed by atoms with Crippen molar-refractivity contribution in [1.29, 1.82) is 0 Å². The number of benzene rings is 1. The molecule has 0 radical (unpaired) electrons. The maximum atomic E-state index is 12.4. The van der Waals surface area contributed by atoms with Crippen LogP contribution in [0.2, 0.25) is 0 Å². The molecule has 7 heteroatoms. The van der Waals surface area contributed by atoms with Gasteiger partial charge in [0.05, 0.1) is 16.9 Å². The van der Waals surface area contributed by atoms with Crippen molar-refractivity contribution in [2.75, 3.05) is 16.6 Å². The fourth-order valence-corrected chi connectivity index (χ4v) is 5.69. The average Bonchev–Trinajstić information content (AvgIpc) is 2.78. The molecule has 0 unspecified atom stereocenters. The molecule has 1 aliphatic heterocycles. The number of nitrogens with zero attached hydrogens (tertiary/aromatic N) is 1. The Morgan fingerprint density at radius 1 is 1.19 bits per heavy atom. The number of hydrogen-bond donors (Lipinski definition) is 1. The highest BCUT2D eigenvalue weighted by Crippen LogP contribution is 2.35. The van der Waals surface area contributed by atoms with Crippen LogP contribution < -0.4 is 9.62 Å². The molecule has 2 aliphatic rings. The lowest BCUT2D eigenvalue weighted by molar-refractivity contribution is -0.123. The van der Waals surface area contributed by atoms with Gasteiger partial charge in [0.25, 0.3) is 5.91 Å². The van der Waals surface area contributed by atoms with Crippen molar-refractivity contribution in [1.82, 2.24) is 5.32 Å². The lowest BCUT2D eigenvalue weighted by atomic mass is 9.95. The normalized spacial score (nSPS) is 21.0. The van der Waals surface area contributed by atoms with E-state index in [1.807, 2.05) is 0 Å². The van der Waals surface area contributed by atoms with E-state index < -0.39 is 21.3 Å². The molecule has 1 saturated heterocycles. The van der Waals surface area contributed by atoms with Crippen LogP contribution in [0.1, 0.15) is 56.3 Å². The number of hydrogen-bond acceptors (Lipinski definition) is 4. The van der Waals surface area contributed by atoms with Gasteiger partial charge < -0.3 is 5.32 Å². The number of anilines is 1. The average molecular weight is 391 g/mol. The molecule has 0 saturated carbocycles. The number of amides is 2. The first kappa shape index (κ1) is 19.6. The van der Waals surface area contributed by atoms with Crippen molar-refractivity contribution in [3.8, 4) is 0 Å². The van der Waals surface area contributed by atoms with E-state index >= 15 is 0 Å². The zero-order valence-corrected chi connectivity index (χ0v) is 16.6. The van der Waals surface area contributed by atoms with Gasteiger partial charge in [0.1, 0.15) is 0 Å². The molecule has 1 aromatic carbocycles. The zero-order chi connectivity index (χ0) is 19.7. The number of allylic oxidation sites excluding steroid dienone is 1. The summed E-state index contributed by atoms with van der Waals surface area (Å²) in [6, 6.07) is 6.13. The monoisotopic (exact) mass is 390 g/mol. The minimum atomic E-state index is -3.68. The summed E-state index contributed by atoms with van der Waals surface area (Å²) >= 11 is 0. The Morgan fingerprint density at radius 3 is 2.44 bits per heavy atom. The van der Waals surface area contributed by atoms with Crippen molar-refractivity contribution in [3.63, 3.8) is 0 Å². The second kappa shape index (κ2) is 7.46. The molecule has 1 aliphatic carbocycles. The lowest BCUT2D eigenvalue weighted by Gasteiger charge is -2.17. The third-order valence-corrected chi connectivity index (χ3v) is 7.09.